The van der Waals surface area contributed by atoms with E-state index in [1.165, 1.54) is 6.08 Å². The smallest absolute Gasteiger partial charge is 0.236 e. The lowest BCUT2D eigenvalue weighted by atomic mass is 10.4. The Morgan fingerprint density at radius 1 is 1.53 bits per heavy atom. The molecular weight excluding hydrogens is 218 g/mol. The van der Waals surface area contributed by atoms with Gasteiger partial charge in [-0.1, -0.05) is 17.7 Å². The van der Waals surface area contributed by atoms with Crippen molar-refractivity contribution in [2.24, 2.45) is 0 Å². The van der Waals surface area contributed by atoms with Crippen molar-refractivity contribution in [3.63, 3.8) is 0 Å². The highest BCUT2D eigenvalue weighted by molar-refractivity contribution is 6.31. The Morgan fingerprint density at radius 2 is 2.33 bits per heavy atom. The van der Waals surface area contributed by atoms with Gasteiger partial charge in [-0.05, 0) is 12.1 Å². The number of nitro groups is 1. The van der Waals surface area contributed by atoms with Crippen molar-refractivity contribution in [1.82, 2.24) is 9.38 Å². The minimum atomic E-state index is -0.543. The first kappa shape index (κ1) is 9.67. The summed E-state index contributed by atoms with van der Waals surface area (Å²) >= 11 is 5.85. The summed E-state index contributed by atoms with van der Waals surface area (Å²) in [4.78, 5) is 13.7. The molecule has 2 rings (SSSR count). The van der Waals surface area contributed by atoms with E-state index < -0.39 is 4.92 Å². The van der Waals surface area contributed by atoms with Crippen LogP contribution in [0.25, 0.3) is 11.7 Å². The summed E-state index contributed by atoms with van der Waals surface area (Å²) in [5, 5.41) is 10.4. The van der Waals surface area contributed by atoms with Crippen molar-refractivity contribution in [1.29, 1.82) is 0 Å². The third-order valence-corrected chi connectivity index (χ3v) is 2.15. The Kier molecular flexibility index (Phi) is 2.39. The monoisotopic (exact) mass is 223 g/mol. The summed E-state index contributed by atoms with van der Waals surface area (Å²) < 4.78 is 1.68. The van der Waals surface area contributed by atoms with E-state index in [0.717, 1.165) is 6.20 Å². The maximum Gasteiger partial charge on any atom is 0.236 e. The zero-order valence-electron chi connectivity index (χ0n) is 7.50. The van der Waals surface area contributed by atoms with Crippen LogP contribution in [0.4, 0.5) is 0 Å². The predicted molar refractivity (Wildman–Crippen MR) is 56.2 cm³/mol. The molecule has 0 fully saturated rings. The van der Waals surface area contributed by atoms with Gasteiger partial charge < -0.3 is 0 Å². The van der Waals surface area contributed by atoms with Gasteiger partial charge in [0.1, 0.15) is 5.65 Å². The Labute approximate surface area is 89.8 Å². The van der Waals surface area contributed by atoms with E-state index in [0.29, 0.717) is 11.3 Å². The first-order chi connectivity index (χ1) is 7.18. The minimum absolute atomic E-state index is 0.249. The average Bonchev–Trinajstić information content (AvgIpc) is 2.50. The van der Waals surface area contributed by atoms with Crippen LogP contribution in [0.5, 0.6) is 0 Å². The first-order valence-electron chi connectivity index (χ1n) is 4.13. The fourth-order valence-corrected chi connectivity index (χ4v) is 1.51. The van der Waals surface area contributed by atoms with Gasteiger partial charge in [-0.2, -0.15) is 0 Å². The van der Waals surface area contributed by atoms with Crippen molar-refractivity contribution < 1.29 is 4.92 Å². The van der Waals surface area contributed by atoms with Gasteiger partial charge >= 0.3 is 0 Å². The highest BCUT2D eigenvalue weighted by atomic mass is 35.5. The largest absolute Gasteiger partial charge is 0.298 e. The second-order valence-electron chi connectivity index (χ2n) is 2.82. The van der Waals surface area contributed by atoms with Gasteiger partial charge in [0.25, 0.3) is 0 Å². The summed E-state index contributed by atoms with van der Waals surface area (Å²) in [6.45, 7) is 0. The Balaban J connectivity index is 2.59. The second-order valence-corrected chi connectivity index (χ2v) is 3.18. The number of hydrogen-bond donors (Lipinski definition) is 0. The molecule has 0 aliphatic carbocycles. The van der Waals surface area contributed by atoms with Gasteiger partial charge in [-0.25, -0.2) is 4.98 Å². The third-order valence-electron chi connectivity index (χ3n) is 1.88. The van der Waals surface area contributed by atoms with Crippen molar-refractivity contribution in [3.05, 3.63) is 51.6 Å². The van der Waals surface area contributed by atoms with Crippen molar-refractivity contribution in [2.45, 2.75) is 0 Å². The van der Waals surface area contributed by atoms with Gasteiger partial charge in [0, 0.05) is 12.3 Å². The summed E-state index contributed by atoms with van der Waals surface area (Å²) in [5.74, 6) is 0. The SMILES string of the molecule is O=[N+]([O-])C=Cc1c(Cl)nc2ccccn12. The van der Waals surface area contributed by atoms with Crippen LogP contribution < -0.4 is 0 Å². The molecule has 0 N–H and O–H groups in total. The fraction of sp³-hybridized carbons (Fsp3) is 0. The maximum absolute atomic E-state index is 10.2. The molecule has 2 aromatic rings. The van der Waals surface area contributed by atoms with Gasteiger partial charge in [0.05, 0.1) is 10.6 Å². The van der Waals surface area contributed by atoms with Crippen LogP contribution in [-0.2, 0) is 0 Å². The molecule has 0 bridgehead atoms. The van der Waals surface area contributed by atoms with Crippen LogP contribution in [0.3, 0.4) is 0 Å². The van der Waals surface area contributed by atoms with E-state index in [1.807, 2.05) is 6.07 Å². The molecule has 5 nitrogen and oxygen atoms in total. The van der Waals surface area contributed by atoms with Crippen LogP contribution in [0.15, 0.2) is 30.6 Å². The topological polar surface area (TPSA) is 60.4 Å². The zero-order chi connectivity index (χ0) is 10.8. The molecule has 6 heteroatoms. The van der Waals surface area contributed by atoms with Crippen LogP contribution in [0, 0.1) is 10.1 Å². The summed E-state index contributed by atoms with van der Waals surface area (Å²) in [7, 11) is 0. The molecule has 0 saturated carbocycles. The van der Waals surface area contributed by atoms with Gasteiger partial charge in [0.15, 0.2) is 5.15 Å². The van der Waals surface area contributed by atoms with Gasteiger partial charge in [-0.3, -0.25) is 14.5 Å². The molecular formula is C9H6ClN3O2. The number of pyridine rings is 1. The fourth-order valence-electron chi connectivity index (χ4n) is 1.27. The highest BCUT2D eigenvalue weighted by Crippen LogP contribution is 2.18. The molecule has 2 heterocycles. The lowest BCUT2D eigenvalue weighted by Gasteiger charge is -1.93. The number of rotatable bonds is 2. The molecule has 0 spiro atoms. The average molecular weight is 224 g/mol. The number of halogens is 1. The van der Waals surface area contributed by atoms with E-state index in [1.54, 1.807) is 22.7 Å². The zero-order valence-corrected chi connectivity index (χ0v) is 8.26. The Bertz CT molecular complexity index is 547. The standard InChI is InChI=1S/C9H6ClN3O2/c10-9-7(4-6-13(14)15)12-5-2-1-3-8(12)11-9/h1-6H. The number of imidazole rings is 1. The van der Waals surface area contributed by atoms with Gasteiger partial charge in [0.2, 0.25) is 6.20 Å². The summed E-state index contributed by atoms with van der Waals surface area (Å²) in [6, 6.07) is 5.39. The molecule has 0 aromatic carbocycles. The Morgan fingerprint density at radius 3 is 3.07 bits per heavy atom. The Hall–Kier alpha value is -1.88. The van der Waals surface area contributed by atoms with Crippen LogP contribution >= 0.6 is 11.6 Å². The molecule has 0 atom stereocenters. The summed E-state index contributed by atoms with van der Waals surface area (Å²) in [5.41, 5.74) is 1.16. The third kappa shape index (κ3) is 1.82. The van der Waals surface area contributed by atoms with Gasteiger partial charge in [-0.15, -0.1) is 0 Å². The molecule has 76 valence electrons. The predicted octanol–water partition coefficient (Wildman–Crippen LogP) is 2.24. The molecule has 0 amide bonds. The van der Waals surface area contributed by atoms with Crippen LogP contribution in [0.2, 0.25) is 5.15 Å². The molecule has 15 heavy (non-hydrogen) atoms. The normalized spacial score (nSPS) is 11.3. The van der Waals surface area contributed by atoms with Crippen molar-refractivity contribution in [2.75, 3.05) is 0 Å². The van der Waals surface area contributed by atoms with E-state index in [9.17, 15) is 10.1 Å². The summed E-state index contributed by atoms with van der Waals surface area (Å²) in [6.07, 6.45) is 3.90. The molecule has 0 radical (unpaired) electrons. The van der Waals surface area contributed by atoms with E-state index in [-0.39, 0.29) is 5.15 Å². The van der Waals surface area contributed by atoms with Crippen LogP contribution in [-0.4, -0.2) is 14.3 Å². The molecule has 0 saturated heterocycles. The molecule has 2 aromatic heterocycles. The van der Waals surface area contributed by atoms with Crippen molar-refractivity contribution >= 4 is 23.3 Å². The number of fused-ring (bicyclic) bond motifs is 1. The molecule has 0 aliphatic heterocycles. The second kappa shape index (κ2) is 3.70. The maximum atomic E-state index is 10.2. The highest BCUT2D eigenvalue weighted by Gasteiger charge is 2.07. The lowest BCUT2D eigenvalue weighted by Crippen LogP contribution is -1.87. The van der Waals surface area contributed by atoms with E-state index >= 15 is 0 Å². The first-order valence-corrected chi connectivity index (χ1v) is 4.50. The number of aromatic nitrogens is 2. The quantitative estimate of drug-likeness (QED) is 0.579. The molecule has 0 unspecified atom stereocenters. The number of hydrogen-bond acceptors (Lipinski definition) is 3. The minimum Gasteiger partial charge on any atom is -0.298 e. The van der Waals surface area contributed by atoms with Crippen LogP contribution in [0.1, 0.15) is 5.69 Å². The van der Waals surface area contributed by atoms with Crippen molar-refractivity contribution in [3.8, 4) is 0 Å². The molecule has 0 aliphatic rings. The van der Waals surface area contributed by atoms with E-state index in [4.69, 9.17) is 11.6 Å². The van der Waals surface area contributed by atoms with E-state index in [2.05, 4.69) is 4.98 Å². The lowest BCUT2D eigenvalue weighted by molar-refractivity contribution is -0.401. The number of nitrogens with zero attached hydrogens (tertiary/aromatic N) is 3.